The molecule has 132 valence electrons. The second kappa shape index (κ2) is 9.49. The predicted molar refractivity (Wildman–Crippen MR) is 100 cm³/mol. The Bertz CT molecular complexity index is 654. The Morgan fingerprint density at radius 3 is 2.68 bits per heavy atom. The maximum Gasteiger partial charge on any atom is 0.251 e. The number of rotatable bonds is 8. The van der Waals surface area contributed by atoms with E-state index in [9.17, 15) is 4.79 Å². The van der Waals surface area contributed by atoms with Crippen molar-refractivity contribution in [3.63, 3.8) is 0 Å². The first-order valence-electron chi connectivity index (χ1n) is 8.62. The summed E-state index contributed by atoms with van der Waals surface area (Å²) in [5.41, 5.74) is 0.647. The molecule has 0 spiro atoms. The highest BCUT2D eigenvalue weighted by atomic mass is 32.2. The van der Waals surface area contributed by atoms with Crippen molar-refractivity contribution in [2.24, 2.45) is 0 Å². The molecule has 1 atom stereocenters. The van der Waals surface area contributed by atoms with Gasteiger partial charge in [-0.2, -0.15) is 0 Å². The topological polar surface area (TPSA) is 47.6 Å². The number of carbonyl (C=O) groups is 1. The van der Waals surface area contributed by atoms with Crippen LogP contribution in [0.15, 0.2) is 59.5 Å². The molecule has 0 aliphatic carbocycles. The third kappa shape index (κ3) is 5.80. The van der Waals surface area contributed by atoms with Crippen molar-refractivity contribution < 1.29 is 14.3 Å². The molecule has 4 nitrogen and oxygen atoms in total. The predicted octanol–water partition coefficient (Wildman–Crippen LogP) is 3.77. The van der Waals surface area contributed by atoms with E-state index < -0.39 is 0 Å². The molecule has 3 rings (SSSR count). The SMILES string of the molecule is O=C(NCCSc1ccccc1)c1ccc(OC[C@H]2CCCO2)cc1. The van der Waals surface area contributed by atoms with Crippen LogP contribution in [0, 0.1) is 0 Å². The summed E-state index contributed by atoms with van der Waals surface area (Å²) in [6.07, 6.45) is 2.36. The van der Waals surface area contributed by atoms with Crippen molar-refractivity contribution in [3.05, 3.63) is 60.2 Å². The van der Waals surface area contributed by atoms with Crippen LogP contribution in [0.3, 0.4) is 0 Å². The molecule has 0 radical (unpaired) electrons. The minimum atomic E-state index is -0.0562. The maximum absolute atomic E-state index is 12.2. The molecule has 1 heterocycles. The van der Waals surface area contributed by atoms with Crippen molar-refractivity contribution in [3.8, 4) is 5.75 Å². The Labute approximate surface area is 152 Å². The van der Waals surface area contributed by atoms with Gasteiger partial charge in [-0.25, -0.2) is 0 Å². The van der Waals surface area contributed by atoms with E-state index in [4.69, 9.17) is 9.47 Å². The smallest absolute Gasteiger partial charge is 0.251 e. The second-order valence-corrected chi connectivity index (χ2v) is 7.06. The van der Waals surface area contributed by atoms with Gasteiger partial charge in [0.1, 0.15) is 12.4 Å². The number of thioether (sulfide) groups is 1. The van der Waals surface area contributed by atoms with E-state index in [2.05, 4.69) is 17.4 Å². The summed E-state index contributed by atoms with van der Waals surface area (Å²) in [7, 11) is 0. The summed E-state index contributed by atoms with van der Waals surface area (Å²) in [5.74, 6) is 1.56. The monoisotopic (exact) mass is 357 g/mol. The molecule has 1 fully saturated rings. The van der Waals surface area contributed by atoms with Gasteiger partial charge in [0.2, 0.25) is 0 Å². The molecular weight excluding hydrogens is 334 g/mol. The van der Waals surface area contributed by atoms with E-state index >= 15 is 0 Å². The normalized spacial score (nSPS) is 16.6. The van der Waals surface area contributed by atoms with Crippen LogP contribution in [-0.2, 0) is 4.74 Å². The minimum Gasteiger partial charge on any atom is -0.491 e. The van der Waals surface area contributed by atoms with Crippen LogP contribution in [0.25, 0.3) is 0 Å². The average Bonchev–Trinajstić information content (AvgIpc) is 3.18. The highest BCUT2D eigenvalue weighted by Crippen LogP contribution is 2.17. The van der Waals surface area contributed by atoms with Crippen molar-refractivity contribution in [1.29, 1.82) is 0 Å². The Morgan fingerprint density at radius 1 is 1.16 bits per heavy atom. The third-order valence-electron chi connectivity index (χ3n) is 3.98. The molecule has 1 aliphatic heterocycles. The third-order valence-corrected chi connectivity index (χ3v) is 4.99. The molecule has 0 unspecified atom stereocenters. The van der Waals surface area contributed by atoms with Gasteiger partial charge in [0.15, 0.2) is 0 Å². The molecule has 0 bridgehead atoms. The Balaban J connectivity index is 1.38. The van der Waals surface area contributed by atoms with E-state index in [-0.39, 0.29) is 12.0 Å². The standard InChI is InChI=1S/C20H23NO3S/c22-20(21-12-14-25-19-6-2-1-3-7-19)16-8-10-17(11-9-16)24-15-18-5-4-13-23-18/h1-3,6-11,18H,4-5,12-15H2,(H,21,22)/t18-/m1/s1. The van der Waals surface area contributed by atoms with E-state index in [0.717, 1.165) is 31.0 Å². The first kappa shape index (κ1) is 17.8. The van der Waals surface area contributed by atoms with E-state index in [1.54, 1.807) is 23.9 Å². The molecule has 1 N–H and O–H groups in total. The summed E-state index contributed by atoms with van der Waals surface area (Å²) >= 11 is 1.73. The number of amides is 1. The molecule has 5 heteroatoms. The van der Waals surface area contributed by atoms with Crippen molar-refractivity contribution >= 4 is 17.7 Å². The molecular formula is C20H23NO3S. The molecule has 0 aromatic heterocycles. The highest BCUT2D eigenvalue weighted by Gasteiger charge is 2.16. The molecule has 1 aliphatic rings. The molecule has 2 aromatic rings. The molecule has 0 saturated carbocycles. The lowest BCUT2D eigenvalue weighted by molar-refractivity contribution is 0.0679. The fourth-order valence-corrected chi connectivity index (χ4v) is 3.41. The summed E-state index contributed by atoms with van der Waals surface area (Å²) in [4.78, 5) is 13.4. The van der Waals surface area contributed by atoms with Gasteiger partial charge in [-0.3, -0.25) is 4.79 Å². The van der Waals surface area contributed by atoms with Crippen LogP contribution in [0.5, 0.6) is 5.75 Å². The van der Waals surface area contributed by atoms with Gasteiger partial charge in [-0.05, 0) is 49.2 Å². The number of hydrogen-bond acceptors (Lipinski definition) is 4. The largest absolute Gasteiger partial charge is 0.491 e. The van der Waals surface area contributed by atoms with Gasteiger partial charge in [0.05, 0.1) is 6.10 Å². The zero-order valence-corrected chi connectivity index (χ0v) is 15.0. The van der Waals surface area contributed by atoms with Crippen LogP contribution in [0.1, 0.15) is 23.2 Å². The van der Waals surface area contributed by atoms with E-state index in [1.807, 2.05) is 30.3 Å². The van der Waals surface area contributed by atoms with Crippen molar-refractivity contribution in [1.82, 2.24) is 5.32 Å². The summed E-state index contributed by atoms with van der Waals surface area (Å²) in [6.45, 7) is 2.04. The number of ether oxygens (including phenoxy) is 2. The fourth-order valence-electron chi connectivity index (χ4n) is 2.62. The van der Waals surface area contributed by atoms with Crippen LogP contribution in [0.2, 0.25) is 0 Å². The zero-order valence-electron chi connectivity index (χ0n) is 14.1. The Morgan fingerprint density at radius 2 is 1.96 bits per heavy atom. The number of benzene rings is 2. The lowest BCUT2D eigenvalue weighted by atomic mass is 10.2. The Hall–Kier alpha value is -1.98. The molecule has 2 aromatic carbocycles. The Kier molecular flexibility index (Phi) is 6.77. The van der Waals surface area contributed by atoms with Gasteiger partial charge in [-0.15, -0.1) is 11.8 Å². The molecule has 1 saturated heterocycles. The summed E-state index contributed by atoms with van der Waals surface area (Å²) < 4.78 is 11.2. The van der Waals surface area contributed by atoms with Crippen LogP contribution in [-0.4, -0.2) is 37.5 Å². The number of nitrogens with one attached hydrogen (secondary N) is 1. The van der Waals surface area contributed by atoms with Crippen molar-refractivity contribution in [2.75, 3.05) is 25.5 Å². The number of hydrogen-bond donors (Lipinski definition) is 1. The number of carbonyl (C=O) groups excluding carboxylic acids is 1. The summed E-state index contributed by atoms with van der Waals surface area (Å²) in [6, 6.07) is 17.4. The minimum absolute atomic E-state index is 0.0562. The van der Waals surface area contributed by atoms with Gasteiger partial charge in [0, 0.05) is 29.4 Å². The zero-order chi connectivity index (χ0) is 17.3. The van der Waals surface area contributed by atoms with E-state index in [1.165, 1.54) is 4.90 Å². The van der Waals surface area contributed by atoms with E-state index in [0.29, 0.717) is 18.7 Å². The molecule has 25 heavy (non-hydrogen) atoms. The first-order valence-corrected chi connectivity index (χ1v) is 9.60. The van der Waals surface area contributed by atoms with Gasteiger partial charge < -0.3 is 14.8 Å². The second-order valence-electron chi connectivity index (χ2n) is 5.89. The van der Waals surface area contributed by atoms with Gasteiger partial charge >= 0.3 is 0 Å². The van der Waals surface area contributed by atoms with Crippen molar-refractivity contribution in [2.45, 2.75) is 23.8 Å². The van der Waals surface area contributed by atoms with Gasteiger partial charge in [0.25, 0.3) is 5.91 Å². The lowest BCUT2D eigenvalue weighted by Crippen LogP contribution is -2.25. The first-order chi connectivity index (χ1) is 12.3. The maximum atomic E-state index is 12.2. The van der Waals surface area contributed by atoms with Crippen LogP contribution in [0.4, 0.5) is 0 Å². The van der Waals surface area contributed by atoms with Crippen LogP contribution < -0.4 is 10.1 Å². The highest BCUT2D eigenvalue weighted by molar-refractivity contribution is 7.99. The van der Waals surface area contributed by atoms with Crippen LogP contribution >= 0.6 is 11.8 Å². The quantitative estimate of drug-likeness (QED) is 0.577. The average molecular weight is 357 g/mol. The lowest BCUT2D eigenvalue weighted by Gasteiger charge is -2.11. The molecule has 1 amide bonds. The van der Waals surface area contributed by atoms with Gasteiger partial charge in [-0.1, -0.05) is 18.2 Å². The fraction of sp³-hybridized carbons (Fsp3) is 0.350. The summed E-state index contributed by atoms with van der Waals surface area (Å²) in [5, 5.41) is 2.94.